The van der Waals surface area contributed by atoms with Crippen LogP contribution < -0.4 is 0 Å². The Hall–Kier alpha value is -2.68. The normalized spacial score (nSPS) is 13.3. The smallest absolute Gasteiger partial charge is 0.321 e. The minimum absolute atomic E-state index is 0.146. The lowest BCUT2D eigenvalue weighted by molar-refractivity contribution is -0.151. The van der Waals surface area contributed by atoms with Gasteiger partial charge >= 0.3 is 5.97 Å². The van der Waals surface area contributed by atoms with Crippen molar-refractivity contribution in [2.75, 3.05) is 0 Å². The standard InChI is InChI=1S/C24H28O3/c1-3-5-17-21(12-4-2)27-24(26)23(20-15-10-7-11-16-20)22(25)18-19-13-8-6-9-14-19/h4,6-16,21,23H,3,5,17-18H2,1-2H3/b12-4+. The molecule has 3 nitrogen and oxygen atoms in total. The maximum absolute atomic E-state index is 13.0. The molecule has 142 valence electrons. The van der Waals surface area contributed by atoms with Crippen LogP contribution in [0.2, 0.25) is 0 Å². The second-order valence-electron chi connectivity index (χ2n) is 6.62. The van der Waals surface area contributed by atoms with Gasteiger partial charge in [0.25, 0.3) is 0 Å². The number of hydrogen-bond donors (Lipinski definition) is 0. The summed E-state index contributed by atoms with van der Waals surface area (Å²) in [5, 5.41) is 0. The molecule has 0 spiro atoms. The number of Topliss-reactive ketones (excluding diaryl/α,β-unsaturated/α-hetero) is 1. The second kappa shape index (κ2) is 11.1. The van der Waals surface area contributed by atoms with Crippen molar-refractivity contribution in [1.29, 1.82) is 0 Å². The van der Waals surface area contributed by atoms with E-state index in [1.165, 1.54) is 0 Å². The van der Waals surface area contributed by atoms with Gasteiger partial charge in [-0.1, -0.05) is 80.1 Å². The maximum atomic E-state index is 13.0. The van der Waals surface area contributed by atoms with E-state index in [-0.39, 0.29) is 18.3 Å². The number of ketones is 1. The van der Waals surface area contributed by atoms with Crippen LogP contribution in [-0.4, -0.2) is 17.9 Å². The molecule has 2 unspecified atom stereocenters. The molecule has 0 aliphatic carbocycles. The summed E-state index contributed by atoms with van der Waals surface area (Å²) in [6.45, 7) is 4.01. The van der Waals surface area contributed by atoms with Gasteiger partial charge in [0, 0.05) is 6.42 Å². The Bertz CT molecular complexity index is 735. The molecule has 0 fully saturated rings. The number of ether oxygens (including phenoxy) is 1. The summed E-state index contributed by atoms with van der Waals surface area (Å²) in [6.07, 6.45) is 6.45. The van der Waals surface area contributed by atoms with Crippen molar-refractivity contribution in [1.82, 2.24) is 0 Å². The fourth-order valence-electron chi connectivity index (χ4n) is 3.03. The Morgan fingerprint density at radius 3 is 2.22 bits per heavy atom. The first-order valence-corrected chi connectivity index (χ1v) is 9.60. The van der Waals surface area contributed by atoms with Crippen LogP contribution in [-0.2, 0) is 20.7 Å². The van der Waals surface area contributed by atoms with Gasteiger partial charge in [0.2, 0.25) is 0 Å². The second-order valence-corrected chi connectivity index (χ2v) is 6.62. The zero-order valence-corrected chi connectivity index (χ0v) is 16.1. The van der Waals surface area contributed by atoms with Crippen LogP contribution in [0.4, 0.5) is 0 Å². The summed E-state index contributed by atoms with van der Waals surface area (Å²) in [7, 11) is 0. The summed E-state index contributed by atoms with van der Waals surface area (Å²) >= 11 is 0. The number of carbonyl (C=O) groups excluding carboxylic acids is 2. The van der Waals surface area contributed by atoms with Crippen LogP contribution in [0.25, 0.3) is 0 Å². The van der Waals surface area contributed by atoms with E-state index in [4.69, 9.17) is 4.74 Å². The van der Waals surface area contributed by atoms with Crippen molar-refractivity contribution in [3.8, 4) is 0 Å². The molecule has 2 aromatic rings. The van der Waals surface area contributed by atoms with Crippen molar-refractivity contribution in [2.24, 2.45) is 0 Å². The van der Waals surface area contributed by atoms with Gasteiger partial charge in [-0.3, -0.25) is 9.59 Å². The minimum Gasteiger partial charge on any atom is -0.457 e. The molecule has 0 aliphatic heterocycles. The molecule has 0 saturated carbocycles. The SMILES string of the molecule is C/C=C/C(CCCC)OC(=O)C(C(=O)Cc1ccccc1)c1ccccc1. The average molecular weight is 364 g/mol. The summed E-state index contributed by atoms with van der Waals surface area (Å²) in [5.74, 6) is -1.52. The van der Waals surface area contributed by atoms with Crippen molar-refractivity contribution in [3.05, 3.63) is 83.9 Å². The highest BCUT2D eigenvalue weighted by Gasteiger charge is 2.31. The molecular formula is C24H28O3. The van der Waals surface area contributed by atoms with Crippen LogP contribution in [0.5, 0.6) is 0 Å². The highest BCUT2D eigenvalue weighted by Crippen LogP contribution is 2.22. The lowest BCUT2D eigenvalue weighted by Gasteiger charge is -2.20. The topological polar surface area (TPSA) is 43.4 Å². The van der Waals surface area contributed by atoms with E-state index in [1.807, 2.05) is 79.7 Å². The van der Waals surface area contributed by atoms with Crippen LogP contribution in [0.3, 0.4) is 0 Å². The zero-order chi connectivity index (χ0) is 19.5. The Morgan fingerprint density at radius 2 is 1.63 bits per heavy atom. The van der Waals surface area contributed by atoms with Crippen LogP contribution in [0.15, 0.2) is 72.8 Å². The number of esters is 1. The van der Waals surface area contributed by atoms with Gasteiger partial charge in [0.05, 0.1) is 0 Å². The van der Waals surface area contributed by atoms with E-state index in [9.17, 15) is 9.59 Å². The van der Waals surface area contributed by atoms with Crippen molar-refractivity contribution in [2.45, 2.75) is 51.6 Å². The number of rotatable bonds is 10. The van der Waals surface area contributed by atoms with Crippen molar-refractivity contribution < 1.29 is 14.3 Å². The summed E-state index contributed by atoms with van der Waals surface area (Å²) in [4.78, 5) is 25.9. The highest BCUT2D eigenvalue weighted by molar-refractivity contribution is 6.05. The Kier molecular flexibility index (Phi) is 8.50. The number of allylic oxidation sites excluding steroid dienone is 1. The van der Waals surface area contributed by atoms with Crippen LogP contribution >= 0.6 is 0 Å². The minimum atomic E-state index is -0.902. The molecule has 3 heteroatoms. The van der Waals surface area contributed by atoms with E-state index in [0.717, 1.165) is 24.8 Å². The van der Waals surface area contributed by atoms with E-state index < -0.39 is 11.9 Å². The number of unbranched alkanes of at least 4 members (excludes halogenated alkanes) is 1. The predicted octanol–water partition coefficient (Wildman–Crippen LogP) is 5.26. The van der Waals surface area contributed by atoms with Gasteiger partial charge in [-0.25, -0.2) is 0 Å². The molecule has 2 atom stereocenters. The van der Waals surface area contributed by atoms with Gasteiger partial charge in [0.1, 0.15) is 12.0 Å². The third-order valence-electron chi connectivity index (χ3n) is 4.43. The monoisotopic (exact) mass is 364 g/mol. The zero-order valence-electron chi connectivity index (χ0n) is 16.1. The molecule has 27 heavy (non-hydrogen) atoms. The van der Waals surface area contributed by atoms with Gasteiger partial charge in [-0.2, -0.15) is 0 Å². The number of hydrogen-bond acceptors (Lipinski definition) is 3. The summed E-state index contributed by atoms with van der Waals surface area (Å²) < 4.78 is 5.72. The van der Waals surface area contributed by atoms with E-state index in [0.29, 0.717) is 5.56 Å². The Morgan fingerprint density at radius 1 is 1.00 bits per heavy atom. The van der Waals surface area contributed by atoms with Gasteiger partial charge in [-0.05, 0) is 37.0 Å². The molecule has 0 bridgehead atoms. The van der Waals surface area contributed by atoms with E-state index in [2.05, 4.69) is 6.92 Å². The largest absolute Gasteiger partial charge is 0.457 e. The average Bonchev–Trinajstić information content (AvgIpc) is 2.68. The fourth-order valence-corrected chi connectivity index (χ4v) is 3.03. The maximum Gasteiger partial charge on any atom is 0.321 e. The number of benzene rings is 2. The van der Waals surface area contributed by atoms with Gasteiger partial charge in [0.15, 0.2) is 5.78 Å². The van der Waals surface area contributed by atoms with E-state index in [1.54, 1.807) is 0 Å². The van der Waals surface area contributed by atoms with Crippen molar-refractivity contribution in [3.63, 3.8) is 0 Å². The molecule has 0 radical (unpaired) electrons. The highest BCUT2D eigenvalue weighted by atomic mass is 16.5. The third-order valence-corrected chi connectivity index (χ3v) is 4.43. The summed E-state index contributed by atoms with van der Waals surface area (Å²) in [5.41, 5.74) is 1.57. The van der Waals surface area contributed by atoms with Gasteiger partial charge < -0.3 is 4.74 Å². The molecule has 2 aromatic carbocycles. The van der Waals surface area contributed by atoms with Gasteiger partial charge in [-0.15, -0.1) is 0 Å². The Balaban J connectivity index is 2.21. The molecule has 0 N–H and O–H groups in total. The molecule has 2 rings (SSSR count). The predicted molar refractivity (Wildman–Crippen MR) is 109 cm³/mol. The van der Waals surface area contributed by atoms with E-state index >= 15 is 0 Å². The lowest BCUT2D eigenvalue weighted by atomic mass is 9.91. The third kappa shape index (κ3) is 6.52. The first-order valence-electron chi connectivity index (χ1n) is 9.60. The fraction of sp³-hybridized carbons (Fsp3) is 0.333. The molecule has 0 aromatic heterocycles. The Labute approximate surface area is 162 Å². The van der Waals surface area contributed by atoms with Crippen LogP contribution in [0.1, 0.15) is 50.2 Å². The molecule has 0 amide bonds. The van der Waals surface area contributed by atoms with Crippen LogP contribution in [0, 0.1) is 0 Å². The molecule has 0 saturated heterocycles. The first-order chi connectivity index (χ1) is 13.2. The quantitative estimate of drug-likeness (QED) is 0.328. The molecular weight excluding hydrogens is 336 g/mol. The number of carbonyl (C=O) groups is 2. The molecule has 0 aliphatic rings. The lowest BCUT2D eigenvalue weighted by Crippen LogP contribution is -2.28. The van der Waals surface area contributed by atoms with Crippen molar-refractivity contribution >= 4 is 11.8 Å². The molecule has 0 heterocycles. The summed E-state index contributed by atoms with van der Waals surface area (Å²) in [6, 6.07) is 18.7. The first kappa shape index (κ1) is 20.6.